The average Bonchev–Trinajstić information content (AvgIpc) is 1.89. The van der Waals surface area contributed by atoms with E-state index in [2.05, 4.69) is 9.99 Å². The van der Waals surface area contributed by atoms with Crippen LogP contribution >= 0.6 is 0 Å². The minimum atomic E-state index is -0.684. The van der Waals surface area contributed by atoms with E-state index in [1.54, 1.807) is 0 Å². The zero-order valence-electron chi connectivity index (χ0n) is 5.45. The number of hydrogen-bond donors (Lipinski definition) is 2. The molecule has 0 spiro atoms. The van der Waals surface area contributed by atoms with Gasteiger partial charge in [0, 0.05) is 6.54 Å². The molecule has 4 heteroatoms. The van der Waals surface area contributed by atoms with E-state index in [1.165, 1.54) is 6.21 Å². The van der Waals surface area contributed by atoms with Crippen molar-refractivity contribution in [3.05, 3.63) is 0 Å². The first-order valence-electron chi connectivity index (χ1n) is 2.84. The van der Waals surface area contributed by atoms with Gasteiger partial charge in [-0.2, -0.15) is 0 Å². The Morgan fingerprint density at radius 2 is 2.56 bits per heavy atom. The molecule has 3 N–H and O–H groups in total. The van der Waals surface area contributed by atoms with E-state index < -0.39 is 6.10 Å². The standard InChI is InChI=1S/C5H12N2O2/c1-2-9-7-4-5(8)3-6/h4-5,8H,2-3,6H2,1H3/b7-4+. The molecule has 0 bridgehead atoms. The lowest BCUT2D eigenvalue weighted by Gasteiger charge is -1.96. The second kappa shape index (κ2) is 5.53. The third-order valence-electron chi connectivity index (χ3n) is 0.678. The highest BCUT2D eigenvalue weighted by Gasteiger charge is 1.92. The quantitative estimate of drug-likeness (QED) is 0.393. The summed E-state index contributed by atoms with van der Waals surface area (Å²) in [5.41, 5.74) is 5.06. The number of aliphatic hydroxyl groups excluding tert-OH is 1. The molecule has 0 fully saturated rings. The van der Waals surface area contributed by atoms with Crippen LogP contribution < -0.4 is 5.73 Å². The number of rotatable bonds is 4. The van der Waals surface area contributed by atoms with Gasteiger partial charge in [-0.05, 0) is 6.92 Å². The number of oxime groups is 1. The molecular formula is C5H12N2O2. The molecule has 0 saturated heterocycles. The van der Waals surface area contributed by atoms with Crippen molar-refractivity contribution in [2.24, 2.45) is 10.9 Å². The number of hydrogen-bond acceptors (Lipinski definition) is 4. The average molecular weight is 132 g/mol. The lowest BCUT2D eigenvalue weighted by atomic mass is 10.4. The second-order valence-electron chi connectivity index (χ2n) is 1.48. The molecule has 0 aliphatic carbocycles. The summed E-state index contributed by atoms with van der Waals surface area (Å²) in [6.45, 7) is 2.50. The summed E-state index contributed by atoms with van der Waals surface area (Å²) < 4.78 is 0. The van der Waals surface area contributed by atoms with Gasteiger partial charge in [0.1, 0.15) is 12.7 Å². The molecule has 0 saturated carbocycles. The van der Waals surface area contributed by atoms with Crippen LogP contribution in [0.5, 0.6) is 0 Å². The first-order chi connectivity index (χ1) is 4.31. The van der Waals surface area contributed by atoms with Gasteiger partial charge in [-0.15, -0.1) is 0 Å². The smallest absolute Gasteiger partial charge is 0.114 e. The SMILES string of the molecule is CCO/N=C/C(O)CN. The fourth-order valence-corrected chi connectivity index (χ4v) is 0.249. The fraction of sp³-hybridized carbons (Fsp3) is 0.800. The maximum atomic E-state index is 8.73. The molecule has 0 rings (SSSR count). The highest BCUT2D eigenvalue weighted by atomic mass is 16.6. The summed E-state index contributed by atoms with van der Waals surface area (Å²) in [4.78, 5) is 4.56. The van der Waals surface area contributed by atoms with E-state index >= 15 is 0 Å². The minimum absolute atomic E-state index is 0.177. The lowest BCUT2D eigenvalue weighted by Crippen LogP contribution is -2.20. The second-order valence-corrected chi connectivity index (χ2v) is 1.48. The van der Waals surface area contributed by atoms with Gasteiger partial charge in [0.2, 0.25) is 0 Å². The van der Waals surface area contributed by atoms with Crippen LogP contribution in [-0.2, 0) is 4.84 Å². The first kappa shape index (κ1) is 8.39. The summed E-state index contributed by atoms with van der Waals surface area (Å²) in [6.07, 6.45) is 0.584. The van der Waals surface area contributed by atoms with Gasteiger partial charge < -0.3 is 15.7 Å². The zero-order chi connectivity index (χ0) is 7.11. The van der Waals surface area contributed by atoms with Crippen molar-refractivity contribution in [1.82, 2.24) is 0 Å². The molecule has 1 atom stereocenters. The maximum absolute atomic E-state index is 8.73. The highest BCUT2D eigenvalue weighted by Crippen LogP contribution is 1.75. The third kappa shape index (κ3) is 5.26. The van der Waals surface area contributed by atoms with Crippen LogP contribution in [0.25, 0.3) is 0 Å². The molecule has 4 nitrogen and oxygen atoms in total. The number of nitrogens with zero attached hydrogens (tertiary/aromatic N) is 1. The van der Waals surface area contributed by atoms with E-state index in [9.17, 15) is 0 Å². The van der Waals surface area contributed by atoms with Crippen molar-refractivity contribution in [2.75, 3.05) is 13.2 Å². The van der Waals surface area contributed by atoms with E-state index in [0.29, 0.717) is 6.61 Å². The van der Waals surface area contributed by atoms with E-state index in [-0.39, 0.29) is 6.54 Å². The maximum Gasteiger partial charge on any atom is 0.114 e. The Balaban J connectivity index is 3.20. The molecule has 1 unspecified atom stereocenters. The van der Waals surface area contributed by atoms with Crippen molar-refractivity contribution in [2.45, 2.75) is 13.0 Å². The molecule has 0 aliphatic heterocycles. The Morgan fingerprint density at radius 3 is 3.00 bits per heavy atom. The molecule has 0 aliphatic rings. The highest BCUT2D eigenvalue weighted by molar-refractivity contribution is 5.62. The van der Waals surface area contributed by atoms with Gasteiger partial charge in [0.05, 0.1) is 6.21 Å². The monoisotopic (exact) mass is 132 g/mol. The lowest BCUT2D eigenvalue weighted by molar-refractivity contribution is 0.154. The molecule has 0 aromatic heterocycles. The van der Waals surface area contributed by atoms with Crippen LogP contribution in [0.4, 0.5) is 0 Å². The third-order valence-corrected chi connectivity index (χ3v) is 0.678. The van der Waals surface area contributed by atoms with E-state index in [0.717, 1.165) is 0 Å². The van der Waals surface area contributed by atoms with Gasteiger partial charge in [-0.3, -0.25) is 0 Å². The summed E-state index contributed by atoms with van der Waals surface area (Å²) in [5, 5.41) is 12.1. The Morgan fingerprint density at radius 1 is 1.89 bits per heavy atom. The minimum Gasteiger partial charge on any atom is -0.396 e. The van der Waals surface area contributed by atoms with Crippen molar-refractivity contribution in [1.29, 1.82) is 0 Å². The van der Waals surface area contributed by atoms with Gasteiger partial charge in [-0.25, -0.2) is 0 Å². The van der Waals surface area contributed by atoms with Crippen molar-refractivity contribution in [3.8, 4) is 0 Å². The Kier molecular flexibility index (Phi) is 5.15. The molecule has 54 valence electrons. The van der Waals surface area contributed by atoms with Gasteiger partial charge in [0.25, 0.3) is 0 Å². The zero-order valence-corrected chi connectivity index (χ0v) is 5.45. The summed E-state index contributed by atoms with van der Waals surface area (Å²) >= 11 is 0. The summed E-state index contributed by atoms with van der Waals surface area (Å²) in [6, 6.07) is 0. The molecule has 0 heterocycles. The van der Waals surface area contributed by atoms with Crippen molar-refractivity contribution >= 4 is 6.21 Å². The van der Waals surface area contributed by atoms with Crippen LogP contribution in [0, 0.1) is 0 Å². The van der Waals surface area contributed by atoms with E-state index in [4.69, 9.17) is 10.8 Å². The fourth-order valence-electron chi connectivity index (χ4n) is 0.249. The normalized spacial score (nSPS) is 14.1. The van der Waals surface area contributed by atoms with Crippen LogP contribution in [0.2, 0.25) is 0 Å². The van der Waals surface area contributed by atoms with Crippen molar-refractivity contribution in [3.63, 3.8) is 0 Å². The largest absolute Gasteiger partial charge is 0.396 e. The Hall–Kier alpha value is -0.610. The van der Waals surface area contributed by atoms with Crippen LogP contribution in [-0.4, -0.2) is 30.6 Å². The van der Waals surface area contributed by atoms with Crippen LogP contribution in [0.3, 0.4) is 0 Å². The number of aliphatic hydroxyl groups is 1. The van der Waals surface area contributed by atoms with Gasteiger partial charge in [0.15, 0.2) is 0 Å². The summed E-state index contributed by atoms with van der Waals surface area (Å²) in [5.74, 6) is 0. The molecule has 0 aromatic carbocycles. The molecular weight excluding hydrogens is 120 g/mol. The molecule has 0 amide bonds. The predicted molar refractivity (Wildman–Crippen MR) is 35.2 cm³/mol. The predicted octanol–water partition coefficient (Wildman–Crippen LogP) is -0.672. The molecule has 0 radical (unpaired) electrons. The van der Waals surface area contributed by atoms with E-state index in [1.807, 2.05) is 6.92 Å². The number of nitrogens with two attached hydrogens (primary N) is 1. The summed E-state index contributed by atoms with van der Waals surface area (Å²) in [7, 11) is 0. The molecule has 9 heavy (non-hydrogen) atoms. The Bertz CT molecular complexity index is 85.0. The first-order valence-corrected chi connectivity index (χ1v) is 2.84. The molecule has 0 aromatic rings. The van der Waals surface area contributed by atoms with Gasteiger partial charge in [-0.1, -0.05) is 5.16 Å². The van der Waals surface area contributed by atoms with Crippen LogP contribution in [0.15, 0.2) is 5.16 Å². The van der Waals surface area contributed by atoms with Crippen molar-refractivity contribution < 1.29 is 9.94 Å². The Labute approximate surface area is 54.3 Å². The van der Waals surface area contributed by atoms with Crippen LogP contribution in [0.1, 0.15) is 6.92 Å². The topological polar surface area (TPSA) is 67.8 Å². The van der Waals surface area contributed by atoms with Gasteiger partial charge >= 0.3 is 0 Å².